The summed E-state index contributed by atoms with van der Waals surface area (Å²) < 4.78 is 13.1. The molecule has 1 unspecified atom stereocenters. The predicted octanol–water partition coefficient (Wildman–Crippen LogP) is 3.32. The van der Waals surface area contributed by atoms with Crippen molar-refractivity contribution in [2.45, 2.75) is 19.8 Å². The topological polar surface area (TPSA) is 86.7 Å². The Kier molecular flexibility index (Phi) is 5.73. The van der Waals surface area contributed by atoms with Gasteiger partial charge < -0.3 is 15.3 Å². The molecule has 2 N–H and O–H groups in total. The molecule has 28 heavy (non-hydrogen) atoms. The zero-order valence-corrected chi connectivity index (χ0v) is 15.4. The first-order valence-corrected chi connectivity index (χ1v) is 9.05. The summed E-state index contributed by atoms with van der Waals surface area (Å²) >= 11 is 0. The van der Waals surface area contributed by atoms with E-state index in [0.29, 0.717) is 36.2 Å². The maximum atomic E-state index is 13.1. The van der Waals surface area contributed by atoms with Crippen molar-refractivity contribution in [3.63, 3.8) is 0 Å². The average molecular weight is 384 g/mol. The lowest BCUT2D eigenvalue weighted by Crippen LogP contribution is -2.43. The molecule has 2 aromatic carbocycles. The quantitative estimate of drug-likeness (QED) is 0.847. The molecule has 0 spiro atoms. The number of nitrogens with zero attached hydrogens (tertiary/aromatic N) is 1. The van der Waals surface area contributed by atoms with E-state index >= 15 is 0 Å². The summed E-state index contributed by atoms with van der Waals surface area (Å²) in [4.78, 5) is 37.9. The van der Waals surface area contributed by atoms with Crippen LogP contribution in [0.25, 0.3) is 0 Å². The molecule has 6 nitrogen and oxygen atoms in total. The van der Waals surface area contributed by atoms with Gasteiger partial charge in [0, 0.05) is 24.3 Å². The van der Waals surface area contributed by atoms with Gasteiger partial charge >= 0.3 is 5.97 Å². The number of carbonyl (C=O) groups excluding carboxylic acids is 2. The van der Waals surface area contributed by atoms with Crippen molar-refractivity contribution in [1.82, 2.24) is 4.90 Å². The molecule has 3 rings (SSSR count). The van der Waals surface area contributed by atoms with E-state index in [1.54, 1.807) is 24.0 Å². The lowest BCUT2D eigenvalue weighted by molar-refractivity contribution is -0.121. The van der Waals surface area contributed by atoms with Gasteiger partial charge in [0.25, 0.3) is 5.91 Å². The number of hydrogen-bond acceptors (Lipinski definition) is 3. The summed E-state index contributed by atoms with van der Waals surface area (Å²) in [5.41, 5.74) is 1.66. The molecule has 0 bridgehead atoms. The Hall–Kier alpha value is -3.22. The van der Waals surface area contributed by atoms with Crippen LogP contribution in [0.15, 0.2) is 42.5 Å². The van der Waals surface area contributed by atoms with Crippen LogP contribution in [-0.4, -0.2) is 40.9 Å². The summed E-state index contributed by atoms with van der Waals surface area (Å²) in [7, 11) is 0. The summed E-state index contributed by atoms with van der Waals surface area (Å²) in [5, 5.41) is 11.9. The minimum absolute atomic E-state index is 0.187. The Morgan fingerprint density at radius 2 is 1.86 bits per heavy atom. The Bertz CT molecular complexity index is 911. The van der Waals surface area contributed by atoms with E-state index in [1.807, 2.05) is 0 Å². The molecule has 0 aliphatic carbocycles. The maximum Gasteiger partial charge on any atom is 0.335 e. The van der Waals surface area contributed by atoms with Crippen LogP contribution in [0.5, 0.6) is 0 Å². The first-order valence-electron chi connectivity index (χ1n) is 9.05. The second kappa shape index (κ2) is 8.21. The highest BCUT2D eigenvalue weighted by atomic mass is 19.1. The number of hydrogen-bond donors (Lipinski definition) is 2. The van der Waals surface area contributed by atoms with E-state index in [9.17, 15) is 18.8 Å². The third kappa shape index (κ3) is 4.36. The van der Waals surface area contributed by atoms with E-state index in [0.717, 1.165) is 0 Å². The van der Waals surface area contributed by atoms with Crippen LogP contribution < -0.4 is 5.32 Å². The monoisotopic (exact) mass is 384 g/mol. The van der Waals surface area contributed by atoms with E-state index in [-0.39, 0.29) is 29.8 Å². The van der Waals surface area contributed by atoms with Crippen LogP contribution in [0.1, 0.15) is 39.1 Å². The fourth-order valence-corrected chi connectivity index (χ4v) is 3.38. The molecule has 1 aliphatic rings. The Morgan fingerprint density at radius 1 is 1.14 bits per heavy atom. The average Bonchev–Trinajstić information content (AvgIpc) is 2.68. The van der Waals surface area contributed by atoms with E-state index in [2.05, 4.69) is 5.32 Å². The number of halogens is 1. The van der Waals surface area contributed by atoms with Gasteiger partial charge in [0.1, 0.15) is 5.82 Å². The molecule has 2 aromatic rings. The van der Waals surface area contributed by atoms with Gasteiger partial charge in [0.05, 0.1) is 11.5 Å². The molecular weight excluding hydrogens is 363 g/mol. The fourth-order valence-electron chi connectivity index (χ4n) is 3.38. The standard InChI is InChI=1S/C21H21FN2O4/c1-13-11-17(8-9-18(13)21(27)28)23-19(25)15-3-2-10-24(12-15)20(26)14-4-6-16(22)7-5-14/h4-9,11,15H,2-3,10,12H2,1H3,(H,23,25)(H,27,28). The fraction of sp³-hybridized carbons (Fsp3) is 0.286. The highest BCUT2D eigenvalue weighted by molar-refractivity contribution is 5.97. The third-order valence-electron chi connectivity index (χ3n) is 4.89. The minimum Gasteiger partial charge on any atom is -0.478 e. The molecule has 2 amide bonds. The number of carboxylic acids is 1. The molecule has 1 heterocycles. The van der Waals surface area contributed by atoms with Gasteiger partial charge in [-0.1, -0.05) is 0 Å². The Morgan fingerprint density at radius 3 is 2.50 bits per heavy atom. The van der Waals surface area contributed by atoms with Crippen molar-refractivity contribution in [2.75, 3.05) is 18.4 Å². The molecule has 1 atom stereocenters. The summed E-state index contributed by atoms with van der Waals surface area (Å²) in [5.74, 6) is -2.22. The van der Waals surface area contributed by atoms with Crippen molar-refractivity contribution in [1.29, 1.82) is 0 Å². The first kappa shape index (κ1) is 19.5. The zero-order valence-electron chi connectivity index (χ0n) is 15.4. The van der Waals surface area contributed by atoms with Gasteiger partial charge in [-0.2, -0.15) is 0 Å². The van der Waals surface area contributed by atoms with Gasteiger partial charge in [-0.25, -0.2) is 9.18 Å². The second-order valence-corrected chi connectivity index (χ2v) is 6.92. The number of rotatable bonds is 4. The van der Waals surface area contributed by atoms with Crippen LogP contribution in [0.4, 0.5) is 10.1 Å². The van der Waals surface area contributed by atoms with Crippen LogP contribution in [0.2, 0.25) is 0 Å². The molecule has 0 saturated carbocycles. The highest BCUT2D eigenvalue weighted by Gasteiger charge is 2.29. The number of carboxylic acid groups (broad SMARTS) is 1. The highest BCUT2D eigenvalue weighted by Crippen LogP contribution is 2.22. The first-order chi connectivity index (χ1) is 13.3. The van der Waals surface area contributed by atoms with Gasteiger partial charge in [-0.05, 0) is 67.8 Å². The molecule has 7 heteroatoms. The Labute approximate surface area is 162 Å². The van der Waals surface area contributed by atoms with Crippen molar-refractivity contribution < 1.29 is 23.9 Å². The number of carbonyl (C=O) groups is 3. The van der Waals surface area contributed by atoms with Crippen LogP contribution >= 0.6 is 0 Å². The van der Waals surface area contributed by atoms with Gasteiger partial charge in [-0.15, -0.1) is 0 Å². The van der Waals surface area contributed by atoms with Gasteiger partial charge in [-0.3, -0.25) is 9.59 Å². The predicted molar refractivity (Wildman–Crippen MR) is 102 cm³/mol. The van der Waals surface area contributed by atoms with Crippen molar-refractivity contribution in [3.05, 3.63) is 65.0 Å². The molecule has 1 aliphatic heterocycles. The largest absolute Gasteiger partial charge is 0.478 e. The summed E-state index contributed by atoms with van der Waals surface area (Å²) in [6.07, 6.45) is 1.35. The van der Waals surface area contributed by atoms with Crippen molar-refractivity contribution in [2.24, 2.45) is 5.92 Å². The number of piperidine rings is 1. The van der Waals surface area contributed by atoms with Crippen molar-refractivity contribution >= 4 is 23.5 Å². The minimum atomic E-state index is -1.02. The molecule has 1 saturated heterocycles. The van der Waals surface area contributed by atoms with Crippen LogP contribution in [0.3, 0.4) is 0 Å². The number of benzene rings is 2. The number of nitrogens with one attached hydrogen (secondary N) is 1. The lowest BCUT2D eigenvalue weighted by atomic mass is 9.96. The number of anilines is 1. The molecule has 146 valence electrons. The molecule has 1 fully saturated rings. The van der Waals surface area contributed by atoms with E-state index < -0.39 is 11.8 Å². The van der Waals surface area contributed by atoms with Gasteiger partial charge in [0.2, 0.25) is 5.91 Å². The molecule has 0 aromatic heterocycles. The number of amides is 2. The maximum absolute atomic E-state index is 13.1. The smallest absolute Gasteiger partial charge is 0.335 e. The number of aryl methyl sites for hydroxylation is 1. The van der Waals surface area contributed by atoms with Crippen molar-refractivity contribution in [3.8, 4) is 0 Å². The lowest BCUT2D eigenvalue weighted by Gasteiger charge is -2.32. The molecular formula is C21H21FN2O4. The number of aromatic carboxylic acids is 1. The Balaban J connectivity index is 1.66. The summed E-state index contributed by atoms with van der Waals surface area (Å²) in [6.45, 7) is 2.50. The van der Waals surface area contributed by atoms with Crippen LogP contribution in [-0.2, 0) is 4.79 Å². The SMILES string of the molecule is Cc1cc(NC(=O)C2CCCN(C(=O)c3ccc(F)cc3)C2)ccc1C(=O)O. The van der Waals surface area contributed by atoms with Gasteiger partial charge in [0.15, 0.2) is 0 Å². The van der Waals surface area contributed by atoms with E-state index in [1.165, 1.54) is 30.3 Å². The summed E-state index contributed by atoms with van der Waals surface area (Å²) in [6, 6.07) is 9.99. The number of likely N-dealkylation sites (tertiary alicyclic amines) is 1. The van der Waals surface area contributed by atoms with Crippen LogP contribution in [0, 0.1) is 18.7 Å². The molecule has 0 radical (unpaired) electrons. The van der Waals surface area contributed by atoms with E-state index in [4.69, 9.17) is 5.11 Å². The second-order valence-electron chi connectivity index (χ2n) is 6.92. The zero-order chi connectivity index (χ0) is 20.3. The normalized spacial score (nSPS) is 16.5. The third-order valence-corrected chi connectivity index (χ3v) is 4.89.